The van der Waals surface area contributed by atoms with Gasteiger partial charge in [0.05, 0.1) is 41.3 Å². The number of halogens is 2. The summed E-state index contributed by atoms with van der Waals surface area (Å²) in [5, 5.41) is 0. The van der Waals surface area contributed by atoms with Crippen LogP contribution < -0.4 is 34.0 Å². The Kier molecular flexibility index (Phi) is 30.1. The van der Waals surface area contributed by atoms with Crippen LogP contribution in [0.1, 0.15) is 117 Å². The molecule has 0 aliphatic heterocycles. The maximum absolute atomic E-state index is 12.0. The van der Waals surface area contributed by atoms with E-state index in [0.29, 0.717) is 38.9 Å². The highest BCUT2D eigenvalue weighted by Gasteiger charge is 2.17. The molecule has 0 aliphatic rings. The number of nitrogens with zero attached hydrogens (tertiary/aromatic N) is 2. The molecule has 6 nitrogen and oxygen atoms in total. The molecule has 0 amide bonds. The van der Waals surface area contributed by atoms with E-state index in [1.165, 1.54) is 77.0 Å². The van der Waals surface area contributed by atoms with Crippen molar-refractivity contribution in [2.24, 2.45) is 0 Å². The van der Waals surface area contributed by atoms with Gasteiger partial charge in [-0.25, -0.2) is 0 Å². The first-order chi connectivity index (χ1) is 17.1. The maximum atomic E-state index is 12.0. The van der Waals surface area contributed by atoms with Crippen molar-refractivity contribution in [1.82, 2.24) is 0 Å². The van der Waals surface area contributed by atoms with Crippen molar-refractivity contribution >= 4 is 11.9 Å². The van der Waals surface area contributed by atoms with E-state index in [0.717, 1.165) is 35.1 Å². The second-order valence-corrected chi connectivity index (χ2v) is 11.9. The fourth-order valence-corrected chi connectivity index (χ4v) is 4.36. The molecule has 8 heteroatoms. The quantitative estimate of drug-likeness (QED) is 0.0806. The second-order valence-electron chi connectivity index (χ2n) is 11.9. The third kappa shape index (κ3) is 28.8. The van der Waals surface area contributed by atoms with E-state index >= 15 is 0 Å². The van der Waals surface area contributed by atoms with E-state index in [-0.39, 0.29) is 45.9 Å². The monoisotopic (exact) mass is 672 g/mol. The Morgan fingerprint density at radius 1 is 0.474 bits per heavy atom. The summed E-state index contributed by atoms with van der Waals surface area (Å²) in [6, 6.07) is 0. The topological polar surface area (TPSA) is 52.6 Å². The lowest BCUT2D eigenvalue weighted by molar-refractivity contribution is -0.890. The van der Waals surface area contributed by atoms with Crippen molar-refractivity contribution in [3.05, 3.63) is 0 Å². The molecule has 0 heterocycles. The average molecular weight is 675 g/mol. The van der Waals surface area contributed by atoms with Crippen molar-refractivity contribution in [2.75, 3.05) is 67.6 Å². The summed E-state index contributed by atoms with van der Waals surface area (Å²) < 4.78 is 12.6. The van der Waals surface area contributed by atoms with Gasteiger partial charge in [-0.15, -0.1) is 0 Å². The average Bonchev–Trinajstić information content (AvgIpc) is 2.81. The van der Waals surface area contributed by atoms with Gasteiger partial charge in [0.2, 0.25) is 0 Å². The molecule has 0 fully saturated rings. The van der Waals surface area contributed by atoms with Crippen LogP contribution in [0.5, 0.6) is 0 Å². The van der Waals surface area contributed by atoms with Gasteiger partial charge in [-0.3, -0.25) is 9.59 Å². The number of likely N-dealkylation sites (N-methyl/N-ethyl adjacent to an activating group) is 2. The first kappa shape index (κ1) is 42.3. The molecule has 0 saturated carbocycles. The first-order valence-corrected chi connectivity index (χ1v) is 15.1. The van der Waals surface area contributed by atoms with E-state index in [1.54, 1.807) is 0 Å². The lowest BCUT2D eigenvalue weighted by Gasteiger charge is -2.29. The number of ether oxygens (including phenoxy) is 2. The standard InChI is InChI=1S/C30H62N2O4.2BrH/c1-7-9-11-13-15-19-23-31(3,4)25-27-35-29(33)21-17-18-22-30(34)36-28-26-32(5,6)24-20-16-14-12-10-8-2;;/h7-28H2,1-6H3;2*1H/q+2;;/p-2. The van der Waals surface area contributed by atoms with Gasteiger partial charge in [0, 0.05) is 12.8 Å². The third-order valence-corrected chi connectivity index (χ3v) is 7.17. The molecule has 0 unspecified atom stereocenters. The first-order valence-electron chi connectivity index (χ1n) is 15.1. The van der Waals surface area contributed by atoms with Crippen LogP contribution in [0.25, 0.3) is 0 Å². The molecule has 0 aromatic heterocycles. The maximum Gasteiger partial charge on any atom is 0.305 e. The van der Waals surface area contributed by atoms with E-state index in [2.05, 4.69) is 42.0 Å². The van der Waals surface area contributed by atoms with Crippen LogP contribution in [0.4, 0.5) is 0 Å². The summed E-state index contributed by atoms with van der Waals surface area (Å²) in [5.74, 6) is -0.312. The van der Waals surface area contributed by atoms with Crippen LogP contribution in [-0.4, -0.2) is 88.5 Å². The van der Waals surface area contributed by atoms with Gasteiger partial charge in [-0.2, -0.15) is 0 Å². The summed E-state index contributed by atoms with van der Waals surface area (Å²) in [5.41, 5.74) is 0. The smallest absolute Gasteiger partial charge is 0.305 e. The van der Waals surface area contributed by atoms with E-state index < -0.39 is 0 Å². The zero-order valence-electron chi connectivity index (χ0n) is 25.8. The Morgan fingerprint density at radius 2 is 0.789 bits per heavy atom. The number of hydrogen-bond donors (Lipinski definition) is 0. The molecular formula is C30H62Br2N2O4. The van der Waals surface area contributed by atoms with Crippen LogP contribution in [0.2, 0.25) is 0 Å². The van der Waals surface area contributed by atoms with Crippen molar-refractivity contribution in [2.45, 2.75) is 117 Å². The van der Waals surface area contributed by atoms with Gasteiger partial charge in [0.25, 0.3) is 0 Å². The Bertz CT molecular complexity index is 512. The summed E-state index contributed by atoms with van der Waals surface area (Å²) in [6.07, 6.45) is 17.7. The molecule has 0 bridgehead atoms. The number of unbranched alkanes of at least 4 members (excludes halogenated alkanes) is 11. The van der Waals surface area contributed by atoms with Crippen LogP contribution in [0, 0.1) is 0 Å². The molecule has 0 aliphatic carbocycles. The van der Waals surface area contributed by atoms with E-state index in [1.807, 2.05) is 0 Å². The van der Waals surface area contributed by atoms with Crippen LogP contribution in [0.3, 0.4) is 0 Å². The lowest BCUT2D eigenvalue weighted by atomic mass is 10.1. The number of hydrogen-bond acceptors (Lipinski definition) is 4. The molecule has 0 aromatic carbocycles. The Hall–Kier alpha value is -0.180. The second kappa shape index (κ2) is 27.0. The summed E-state index contributed by atoms with van der Waals surface area (Å²) in [6.45, 7) is 9.38. The lowest BCUT2D eigenvalue weighted by Crippen LogP contribution is -3.00. The van der Waals surface area contributed by atoms with Crippen LogP contribution in [-0.2, 0) is 19.1 Å². The Balaban J connectivity index is -0.00000612. The third-order valence-electron chi connectivity index (χ3n) is 7.17. The Labute approximate surface area is 257 Å². The zero-order chi connectivity index (χ0) is 27.1. The van der Waals surface area contributed by atoms with Gasteiger partial charge < -0.3 is 52.4 Å². The van der Waals surface area contributed by atoms with E-state index in [9.17, 15) is 9.59 Å². The van der Waals surface area contributed by atoms with Crippen molar-refractivity contribution in [1.29, 1.82) is 0 Å². The molecule has 0 N–H and O–H groups in total. The number of esters is 2. The molecule has 0 rings (SSSR count). The van der Waals surface area contributed by atoms with Gasteiger partial charge in [0.15, 0.2) is 0 Å². The van der Waals surface area contributed by atoms with Gasteiger partial charge in [0.1, 0.15) is 26.3 Å². The molecule has 0 spiro atoms. The zero-order valence-corrected chi connectivity index (χ0v) is 29.0. The summed E-state index contributed by atoms with van der Waals surface area (Å²) >= 11 is 0. The normalized spacial score (nSPS) is 11.4. The minimum absolute atomic E-state index is 0. The number of carbonyl (C=O) groups excluding carboxylic acids is 2. The molecule has 230 valence electrons. The van der Waals surface area contributed by atoms with Gasteiger partial charge >= 0.3 is 11.9 Å². The molecule has 0 aromatic rings. The minimum Gasteiger partial charge on any atom is -1.00 e. The predicted octanol–water partition coefficient (Wildman–Crippen LogP) is 0.515. The molecule has 0 radical (unpaired) electrons. The van der Waals surface area contributed by atoms with Crippen molar-refractivity contribution in [3.8, 4) is 0 Å². The van der Waals surface area contributed by atoms with Crippen molar-refractivity contribution < 1.29 is 62.0 Å². The van der Waals surface area contributed by atoms with Crippen molar-refractivity contribution in [3.63, 3.8) is 0 Å². The highest BCUT2D eigenvalue weighted by atomic mass is 79.9. The number of quaternary nitrogens is 2. The number of carbonyl (C=O) groups is 2. The molecular weight excluding hydrogens is 612 g/mol. The summed E-state index contributed by atoms with van der Waals surface area (Å²) in [7, 11) is 8.83. The fourth-order valence-electron chi connectivity index (χ4n) is 4.36. The highest BCUT2D eigenvalue weighted by Crippen LogP contribution is 2.10. The minimum atomic E-state index is -0.156. The highest BCUT2D eigenvalue weighted by molar-refractivity contribution is 5.70. The Morgan fingerprint density at radius 3 is 1.13 bits per heavy atom. The van der Waals surface area contributed by atoms with Crippen LogP contribution in [0.15, 0.2) is 0 Å². The SMILES string of the molecule is CCCCCCCC[N+](C)(C)CCOC(=O)CCCCC(=O)OCC[N+](C)(C)CCCCCCCC.[Br-].[Br-]. The fraction of sp³-hybridized carbons (Fsp3) is 0.933. The largest absolute Gasteiger partial charge is 1.00 e. The molecule has 0 saturated heterocycles. The summed E-state index contributed by atoms with van der Waals surface area (Å²) in [4.78, 5) is 24.1. The molecule has 38 heavy (non-hydrogen) atoms. The van der Waals surface area contributed by atoms with Crippen LogP contribution >= 0.6 is 0 Å². The molecule has 0 atom stereocenters. The van der Waals surface area contributed by atoms with Gasteiger partial charge in [-0.1, -0.05) is 65.2 Å². The van der Waals surface area contributed by atoms with Gasteiger partial charge in [-0.05, 0) is 38.5 Å². The number of rotatable bonds is 25. The van der Waals surface area contributed by atoms with E-state index in [4.69, 9.17) is 9.47 Å². The predicted molar refractivity (Wildman–Crippen MR) is 151 cm³/mol.